The molecular formula is C21H38. The second-order valence-corrected chi connectivity index (χ2v) is 8.67. The number of fused-ring (bicyclic) bond motifs is 2. The molecule has 0 spiro atoms. The number of hydrogen-bond acceptors (Lipinski definition) is 0. The molecule has 0 heterocycles. The van der Waals surface area contributed by atoms with Crippen LogP contribution in [0.15, 0.2) is 0 Å². The molecule has 0 aromatic rings. The third kappa shape index (κ3) is 3.67. The number of rotatable bonds is 3. The molecule has 0 nitrogen and oxygen atoms in total. The highest BCUT2D eigenvalue weighted by molar-refractivity contribution is 4.89. The Balaban J connectivity index is 1.63. The second kappa shape index (κ2) is 7.51. The minimum absolute atomic E-state index is 1.06. The highest BCUT2D eigenvalue weighted by Crippen LogP contribution is 2.49. The summed E-state index contributed by atoms with van der Waals surface area (Å²) in [7, 11) is 0. The molecule has 0 heteroatoms. The Morgan fingerprint density at radius 2 is 1.14 bits per heavy atom. The third-order valence-corrected chi connectivity index (χ3v) is 7.61. The SMILES string of the molecule is CCCC1CC2CCC3CCCCC3CCC2CC1CC. The number of hydrogen-bond donors (Lipinski definition) is 0. The van der Waals surface area contributed by atoms with Crippen molar-refractivity contribution in [2.75, 3.05) is 0 Å². The molecule has 3 saturated carbocycles. The van der Waals surface area contributed by atoms with Crippen LogP contribution < -0.4 is 0 Å². The van der Waals surface area contributed by atoms with E-state index in [4.69, 9.17) is 0 Å². The predicted molar refractivity (Wildman–Crippen MR) is 92.3 cm³/mol. The van der Waals surface area contributed by atoms with E-state index < -0.39 is 0 Å². The fourth-order valence-corrected chi connectivity index (χ4v) is 6.38. The van der Waals surface area contributed by atoms with Gasteiger partial charge in [0.25, 0.3) is 0 Å². The lowest BCUT2D eigenvalue weighted by molar-refractivity contribution is 0.0557. The average molecular weight is 291 g/mol. The topological polar surface area (TPSA) is 0 Å². The normalized spacial score (nSPS) is 44.3. The zero-order chi connectivity index (χ0) is 14.7. The van der Waals surface area contributed by atoms with E-state index in [9.17, 15) is 0 Å². The Morgan fingerprint density at radius 1 is 0.619 bits per heavy atom. The van der Waals surface area contributed by atoms with E-state index in [0.29, 0.717) is 0 Å². The van der Waals surface area contributed by atoms with E-state index in [2.05, 4.69) is 13.8 Å². The average Bonchev–Trinajstić information content (AvgIpc) is 2.50. The van der Waals surface area contributed by atoms with Crippen LogP contribution in [-0.4, -0.2) is 0 Å². The van der Waals surface area contributed by atoms with Gasteiger partial charge >= 0.3 is 0 Å². The first kappa shape index (κ1) is 15.9. The van der Waals surface area contributed by atoms with Crippen molar-refractivity contribution in [3.05, 3.63) is 0 Å². The summed E-state index contributed by atoms with van der Waals surface area (Å²) in [5.41, 5.74) is 0. The van der Waals surface area contributed by atoms with Crippen LogP contribution in [0, 0.1) is 35.5 Å². The largest absolute Gasteiger partial charge is 0.0654 e. The summed E-state index contributed by atoms with van der Waals surface area (Å²) in [4.78, 5) is 0. The van der Waals surface area contributed by atoms with Gasteiger partial charge in [-0.05, 0) is 74.0 Å². The molecule has 3 fully saturated rings. The van der Waals surface area contributed by atoms with Crippen LogP contribution >= 0.6 is 0 Å². The molecule has 122 valence electrons. The summed E-state index contributed by atoms with van der Waals surface area (Å²) in [5.74, 6) is 6.58. The Labute approximate surface area is 133 Å². The highest BCUT2D eigenvalue weighted by atomic mass is 14.4. The summed E-state index contributed by atoms with van der Waals surface area (Å²) in [6, 6.07) is 0. The quantitative estimate of drug-likeness (QED) is 0.534. The third-order valence-electron chi connectivity index (χ3n) is 7.61. The van der Waals surface area contributed by atoms with Crippen molar-refractivity contribution in [3.63, 3.8) is 0 Å². The zero-order valence-electron chi connectivity index (χ0n) is 14.7. The van der Waals surface area contributed by atoms with Gasteiger partial charge in [-0.15, -0.1) is 0 Å². The van der Waals surface area contributed by atoms with Gasteiger partial charge in [0.1, 0.15) is 0 Å². The molecule has 6 atom stereocenters. The van der Waals surface area contributed by atoms with Gasteiger partial charge in [-0.1, -0.05) is 58.8 Å². The van der Waals surface area contributed by atoms with E-state index in [1.807, 2.05) is 0 Å². The summed E-state index contributed by atoms with van der Waals surface area (Å²) in [6.07, 6.45) is 20.1. The molecule has 0 aliphatic heterocycles. The van der Waals surface area contributed by atoms with Gasteiger partial charge in [-0.2, -0.15) is 0 Å². The van der Waals surface area contributed by atoms with Crippen LogP contribution in [0.5, 0.6) is 0 Å². The molecule has 0 N–H and O–H groups in total. The molecule has 0 bridgehead atoms. The van der Waals surface area contributed by atoms with Gasteiger partial charge in [0.15, 0.2) is 0 Å². The summed E-state index contributed by atoms with van der Waals surface area (Å²) >= 11 is 0. The molecule has 3 rings (SSSR count). The summed E-state index contributed by atoms with van der Waals surface area (Å²) in [5, 5.41) is 0. The first-order valence-electron chi connectivity index (χ1n) is 10.3. The Morgan fingerprint density at radius 3 is 1.67 bits per heavy atom. The maximum atomic E-state index is 2.45. The molecule has 0 radical (unpaired) electrons. The van der Waals surface area contributed by atoms with Crippen molar-refractivity contribution in [1.29, 1.82) is 0 Å². The van der Waals surface area contributed by atoms with Crippen LogP contribution in [0.3, 0.4) is 0 Å². The van der Waals surface area contributed by atoms with Crippen molar-refractivity contribution < 1.29 is 0 Å². The minimum atomic E-state index is 1.06. The van der Waals surface area contributed by atoms with Gasteiger partial charge in [0, 0.05) is 0 Å². The molecular weight excluding hydrogens is 252 g/mol. The van der Waals surface area contributed by atoms with Crippen LogP contribution in [0.2, 0.25) is 0 Å². The van der Waals surface area contributed by atoms with Crippen molar-refractivity contribution in [2.45, 2.75) is 97.3 Å². The van der Waals surface area contributed by atoms with Crippen molar-refractivity contribution in [1.82, 2.24) is 0 Å². The van der Waals surface area contributed by atoms with Gasteiger partial charge in [-0.25, -0.2) is 0 Å². The maximum absolute atomic E-state index is 2.45. The highest BCUT2D eigenvalue weighted by Gasteiger charge is 2.38. The molecule has 21 heavy (non-hydrogen) atoms. The minimum Gasteiger partial charge on any atom is -0.0654 e. The Hall–Kier alpha value is 0. The fourth-order valence-electron chi connectivity index (χ4n) is 6.38. The van der Waals surface area contributed by atoms with Crippen molar-refractivity contribution in [2.24, 2.45) is 35.5 Å². The molecule has 0 aromatic carbocycles. The van der Waals surface area contributed by atoms with Crippen molar-refractivity contribution in [3.8, 4) is 0 Å². The smallest absolute Gasteiger partial charge is 0.0383 e. The first-order valence-corrected chi connectivity index (χ1v) is 10.3. The molecule has 0 saturated heterocycles. The van der Waals surface area contributed by atoms with Gasteiger partial charge in [-0.3, -0.25) is 0 Å². The van der Waals surface area contributed by atoms with E-state index in [0.717, 1.165) is 35.5 Å². The maximum Gasteiger partial charge on any atom is -0.0383 e. The van der Waals surface area contributed by atoms with E-state index >= 15 is 0 Å². The molecule has 3 aliphatic carbocycles. The molecule has 6 unspecified atom stereocenters. The Bertz CT molecular complexity index is 307. The van der Waals surface area contributed by atoms with E-state index in [-0.39, 0.29) is 0 Å². The summed E-state index contributed by atoms with van der Waals surface area (Å²) < 4.78 is 0. The lowest BCUT2D eigenvalue weighted by Gasteiger charge is -2.45. The van der Waals surface area contributed by atoms with Crippen LogP contribution in [0.1, 0.15) is 97.3 Å². The van der Waals surface area contributed by atoms with E-state index in [1.165, 1.54) is 32.1 Å². The fraction of sp³-hybridized carbons (Fsp3) is 1.00. The van der Waals surface area contributed by atoms with Gasteiger partial charge in [0.05, 0.1) is 0 Å². The van der Waals surface area contributed by atoms with Crippen LogP contribution in [0.25, 0.3) is 0 Å². The lowest BCUT2D eigenvalue weighted by atomic mass is 9.60. The monoisotopic (exact) mass is 290 g/mol. The van der Waals surface area contributed by atoms with Gasteiger partial charge in [0.2, 0.25) is 0 Å². The van der Waals surface area contributed by atoms with Crippen LogP contribution in [0.4, 0.5) is 0 Å². The van der Waals surface area contributed by atoms with Crippen molar-refractivity contribution >= 4 is 0 Å². The second-order valence-electron chi connectivity index (χ2n) is 8.67. The van der Waals surface area contributed by atoms with Crippen LogP contribution in [-0.2, 0) is 0 Å². The first-order chi connectivity index (χ1) is 10.3. The zero-order valence-corrected chi connectivity index (χ0v) is 14.7. The molecule has 3 aliphatic rings. The van der Waals surface area contributed by atoms with Gasteiger partial charge < -0.3 is 0 Å². The Kier molecular flexibility index (Phi) is 5.68. The summed E-state index contributed by atoms with van der Waals surface area (Å²) in [6.45, 7) is 4.84. The standard InChI is InChI=1S/C21H38/c1-3-7-19-15-21-13-11-18-9-6-5-8-17(18)10-12-20(21)14-16(19)4-2/h16-21H,3-15H2,1-2H3. The predicted octanol–water partition coefficient (Wildman–Crippen LogP) is 6.84. The molecule has 0 amide bonds. The lowest BCUT2D eigenvalue weighted by Crippen LogP contribution is -2.35. The molecule has 0 aromatic heterocycles. The van der Waals surface area contributed by atoms with E-state index in [1.54, 1.807) is 51.4 Å².